The summed E-state index contributed by atoms with van der Waals surface area (Å²) in [6, 6.07) is 13.5. The van der Waals surface area contributed by atoms with Crippen molar-refractivity contribution in [3.63, 3.8) is 0 Å². The molecule has 9 nitrogen and oxygen atoms in total. The highest BCUT2D eigenvalue weighted by Crippen LogP contribution is 2.27. The number of nitro benzene ring substituents is 1. The average Bonchev–Trinajstić information content (AvgIpc) is 2.73. The molecule has 1 aliphatic heterocycles. The Morgan fingerprint density at radius 3 is 2.38 bits per heavy atom. The molecule has 1 aliphatic rings. The highest BCUT2D eigenvalue weighted by molar-refractivity contribution is 5.89. The summed E-state index contributed by atoms with van der Waals surface area (Å²) in [5, 5.41) is 14.0. The Balaban J connectivity index is 1.49. The number of carbonyl (C=O) groups is 2. The average molecular weight is 398 g/mol. The number of benzene rings is 2. The molecule has 3 amide bonds. The Kier molecular flexibility index (Phi) is 6.28. The third-order valence-corrected chi connectivity index (χ3v) is 4.61. The van der Waals surface area contributed by atoms with Crippen LogP contribution in [-0.4, -0.2) is 59.4 Å². The van der Waals surface area contributed by atoms with Crippen LogP contribution in [0.4, 0.5) is 16.2 Å². The van der Waals surface area contributed by atoms with Crippen molar-refractivity contribution >= 4 is 23.3 Å². The van der Waals surface area contributed by atoms with Gasteiger partial charge in [0.15, 0.2) is 12.4 Å². The zero-order chi connectivity index (χ0) is 20.8. The Hall–Kier alpha value is -3.62. The van der Waals surface area contributed by atoms with Crippen molar-refractivity contribution < 1.29 is 19.2 Å². The lowest BCUT2D eigenvalue weighted by Gasteiger charge is -2.34. The molecule has 2 aromatic carbocycles. The molecule has 0 unspecified atom stereocenters. The molecule has 1 heterocycles. The van der Waals surface area contributed by atoms with Crippen molar-refractivity contribution in [2.75, 3.05) is 38.1 Å². The van der Waals surface area contributed by atoms with Gasteiger partial charge in [-0.3, -0.25) is 14.9 Å². The summed E-state index contributed by atoms with van der Waals surface area (Å²) in [5.74, 6) is -0.210. The van der Waals surface area contributed by atoms with E-state index in [1.807, 2.05) is 18.2 Å². The summed E-state index contributed by atoms with van der Waals surface area (Å²) in [7, 11) is 0. The molecule has 0 aliphatic carbocycles. The van der Waals surface area contributed by atoms with Crippen LogP contribution in [0.1, 0.15) is 5.56 Å². The molecule has 3 rings (SSSR count). The highest BCUT2D eigenvalue weighted by Gasteiger charge is 2.25. The molecule has 0 atom stereocenters. The smallest absolute Gasteiger partial charge is 0.321 e. The van der Waals surface area contributed by atoms with E-state index in [2.05, 4.69) is 5.32 Å². The molecule has 2 aromatic rings. The second-order valence-electron chi connectivity index (χ2n) is 6.68. The largest absolute Gasteiger partial charge is 0.477 e. The zero-order valence-electron chi connectivity index (χ0n) is 16.0. The van der Waals surface area contributed by atoms with Gasteiger partial charge in [-0.15, -0.1) is 0 Å². The lowest BCUT2D eigenvalue weighted by atomic mass is 10.2. The van der Waals surface area contributed by atoms with Crippen LogP contribution >= 0.6 is 0 Å². The molecule has 1 fully saturated rings. The summed E-state index contributed by atoms with van der Waals surface area (Å²) < 4.78 is 5.40. The number of nitro groups is 1. The van der Waals surface area contributed by atoms with E-state index < -0.39 is 4.92 Å². The SMILES string of the molecule is Cc1ccc(OCC(=O)N2CCN(C(=O)Nc3ccccc3)CC2)c([N+](=O)[O-])c1. The maximum atomic E-state index is 12.4. The predicted octanol–water partition coefficient (Wildman–Crippen LogP) is 2.66. The van der Waals surface area contributed by atoms with Crippen LogP contribution < -0.4 is 10.1 Å². The van der Waals surface area contributed by atoms with Crippen LogP contribution in [0.15, 0.2) is 48.5 Å². The first-order chi connectivity index (χ1) is 13.9. The van der Waals surface area contributed by atoms with Crippen molar-refractivity contribution in [3.05, 3.63) is 64.2 Å². The Morgan fingerprint density at radius 1 is 1.07 bits per heavy atom. The summed E-state index contributed by atoms with van der Waals surface area (Å²) in [6.45, 7) is 3.00. The van der Waals surface area contributed by atoms with E-state index in [9.17, 15) is 19.7 Å². The van der Waals surface area contributed by atoms with Gasteiger partial charge in [0.25, 0.3) is 5.91 Å². The maximum Gasteiger partial charge on any atom is 0.321 e. The van der Waals surface area contributed by atoms with Crippen LogP contribution in [0.25, 0.3) is 0 Å². The molecular formula is C20H22N4O5. The number of urea groups is 1. The van der Waals surface area contributed by atoms with Gasteiger partial charge in [0, 0.05) is 37.9 Å². The minimum atomic E-state index is -0.531. The van der Waals surface area contributed by atoms with E-state index in [0.29, 0.717) is 31.9 Å². The van der Waals surface area contributed by atoms with E-state index in [-0.39, 0.29) is 30.0 Å². The number of piperazine rings is 1. The van der Waals surface area contributed by atoms with Crippen molar-refractivity contribution in [1.29, 1.82) is 0 Å². The number of carbonyl (C=O) groups excluding carboxylic acids is 2. The molecule has 152 valence electrons. The fourth-order valence-corrected chi connectivity index (χ4v) is 3.01. The summed E-state index contributed by atoms with van der Waals surface area (Å²) in [6.07, 6.45) is 0. The van der Waals surface area contributed by atoms with Crippen molar-refractivity contribution in [2.24, 2.45) is 0 Å². The van der Waals surface area contributed by atoms with E-state index in [4.69, 9.17) is 4.74 Å². The van der Waals surface area contributed by atoms with Crippen LogP contribution in [0.5, 0.6) is 5.75 Å². The minimum absolute atomic E-state index is 0.0647. The number of nitrogens with one attached hydrogen (secondary N) is 1. The molecular weight excluding hydrogens is 376 g/mol. The summed E-state index contributed by atoms with van der Waals surface area (Å²) >= 11 is 0. The van der Waals surface area contributed by atoms with Gasteiger partial charge in [-0.05, 0) is 30.7 Å². The van der Waals surface area contributed by atoms with Gasteiger partial charge in [-0.25, -0.2) is 4.79 Å². The van der Waals surface area contributed by atoms with E-state index in [1.54, 1.807) is 34.9 Å². The number of amides is 3. The number of anilines is 1. The Labute approximate surface area is 168 Å². The normalized spacial score (nSPS) is 13.7. The molecule has 1 N–H and O–H groups in total. The maximum absolute atomic E-state index is 12.4. The molecule has 1 saturated heterocycles. The zero-order valence-corrected chi connectivity index (χ0v) is 16.0. The fraction of sp³-hybridized carbons (Fsp3) is 0.300. The minimum Gasteiger partial charge on any atom is -0.477 e. The number of para-hydroxylation sites is 1. The monoisotopic (exact) mass is 398 g/mol. The molecule has 0 aromatic heterocycles. The lowest BCUT2D eigenvalue weighted by Crippen LogP contribution is -2.52. The molecule has 0 bridgehead atoms. The lowest BCUT2D eigenvalue weighted by molar-refractivity contribution is -0.385. The topological polar surface area (TPSA) is 105 Å². The summed E-state index contributed by atoms with van der Waals surface area (Å²) in [4.78, 5) is 38.5. The van der Waals surface area contributed by atoms with Crippen molar-refractivity contribution in [1.82, 2.24) is 9.80 Å². The second kappa shape index (κ2) is 9.05. The predicted molar refractivity (Wildman–Crippen MR) is 107 cm³/mol. The van der Waals surface area contributed by atoms with Gasteiger partial charge in [-0.2, -0.15) is 0 Å². The standard InChI is InChI=1S/C20H22N4O5/c1-15-7-8-18(17(13-15)24(27)28)29-14-19(25)22-9-11-23(12-10-22)20(26)21-16-5-3-2-4-6-16/h2-8,13H,9-12,14H2,1H3,(H,21,26). The van der Waals surface area contributed by atoms with Gasteiger partial charge < -0.3 is 19.9 Å². The van der Waals surface area contributed by atoms with Gasteiger partial charge in [-0.1, -0.05) is 24.3 Å². The first-order valence-corrected chi connectivity index (χ1v) is 9.20. The number of hydrogen-bond acceptors (Lipinski definition) is 5. The third kappa shape index (κ3) is 5.22. The third-order valence-electron chi connectivity index (χ3n) is 4.61. The van der Waals surface area contributed by atoms with E-state index in [1.165, 1.54) is 12.1 Å². The number of nitrogens with zero attached hydrogens (tertiary/aromatic N) is 3. The number of hydrogen-bond donors (Lipinski definition) is 1. The van der Waals surface area contributed by atoms with Gasteiger partial charge in [0.2, 0.25) is 0 Å². The number of ether oxygens (including phenoxy) is 1. The van der Waals surface area contributed by atoms with Crippen molar-refractivity contribution in [3.8, 4) is 5.75 Å². The van der Waals surface area contributed by atoms with Crippen molar-refractivity contribution in [2.45, 2.75) is 6.92 Å². The Bertz CT molecular complexity index is 895. The summed E-state index contributed by atoms with van der Waals surface area (Å²) in [5.41, 5.74) is 1.28. The Morgan fingerprint density at radius 2 is 1.72 bits per heavy atom. The highest BCUT2D eigenvalue weighted by atomic mass is 16.6. The fourth-order valence-electron chi connectivity index (χ4n) is 3.01. The first kappa shape index (κ1) is 20.1. The van der Waals surface area contributed by atoms with Gasteiger partial charge in [0.05, 0.1) is 4.92 Å². The van der Waals surface area contributed by atoms with Gasteiger partial charge >= 0.3 is 11.7 Å². The molecule has 0 radical (unpaired) electrons. The first-order valence-electron chi connectivity index (χ1n) is 9.20. The molecule has 0 spiro atoms. The second-order valence-corrected chi connectivity index (χ2v) is 6.68. The van der Waals surface area contributed by atoms with Crippen LogP contribution in [0.2, 0.25) is 0 Å². The van der Waals surface area contributed by atoms with Gasteiger partial charge in [0.1, 0.15) is 0 Å². The van der Waals surface area contributed by atoms with Crippen LogP contribution in [0, 0.1) is 17.0 Å². The molecule has 0 saturated carbocycles. The van der Waals surface area contributed by atoms with Crippen LogP contribution in [0.3, 0.4) is 0 Å². The quantitative estimate of drug-likeness (QED) is 0.616. The molecule has 9 heteroatoms. The van der Waals surface area contributed by atoms with E-state index in [0.717, 1.165) is 5.56 Å². The van der Waals surface area contributed by atoms with E-state index >= 15 is 0 Å². The van der Waals surface area contributed by atoms with Crippen LogP contribution in [-0.2, 0) is 4.79 Å². The molecule has 29 heavy (non-hydrogen) atoms. The number of aryl methyl sites for hydroxylation is 1. The number of rotatable bonds is 5.